The third-order valence-electron chi connectivity index (χ3n) is 2.50. The van der Waals surface area contributed by atoms with E-state index in [0.29, 0.717) is 12.1 Å². The molecule has 1 aromatic heterocycles. The molecule has 1 atom stereocenters. The summed E-state index contributed by atoms with van der Waals surface area (Å²) < 4.78 is 37.3. The molecular formula is C11H15F3N2. The number of nitrogens with zero attached hydrogens (tertiary/aromatic N) is 1. The summed E-state index contributed by atoms with van der Waals surface area (Å²) in [5.41, 5.74) is -0.167. The van der Waals surface area contributed by atoms with Gasteiger partial charge < -0.3 is 5.32 Å². The number of aromatic nitrogens is 1. The average molecular weight is 232 g/mol. The SMILES string of the molecule is CCC(Cc1cc(C(F)(F)F)ccn1)NC. The molecule has 0 saturated carbocycles. The van der Waals surface area contributed by atoms with E-state index in [1.807, 2.05) is 6.92 Å². The van der Waals surface area contributed by atoms with Crippen molar-refractivity contribution in [1.82, 2.24) is 10.3 Å². The van der Waals surface area contributed by atoms with Gasteiger partial charge in [-0.15, -0.1) is 0 Å². The quantitative estimate of drug-likeness (QED) is 0.863. The van der Waals surface area contributed by atoms with Gasteiger partial charge in [-0.25, -0.2) is 0 Å². The predicted molar refractivity (Wildman–Crippen MR) is 56.1 cm³/mol. The van der Waals surface area contributed by atoms with E-state index >= 15 is 0 Å². The zero-order valence-corrected chi connectivity index (χ0v) is 9.30. The second-order valence-corrected chi connectivity index (χ2v) is 3.63. The molecule has 90 valence electrons. The number of alkyl halides is 3. The number of likely N-dealkylation sites (N-methyl/N-ethyl adjacent to an activating group) is 1. The highest BCUT2D eigenvalue weighted by Crippen LogP contribution is 2.29. The zero-order chi connectivity index (χ0) is 12.2. The summed E-state index contributed by atoms with van der Waals surface area (Å²) in [6, 6.07) is 2.26. The van der Waals surface area contributed by atoms with Crippen molar-refractivity contribution in [3.05, 3.63) is 29.6 Å². The maximum Gasteiger partial charge on any atom is 0.416 e. The van der Waals surface area contributed by atoms with Gasteiger partial charge in [0, 0.05) is 24.4 Å². The minimum Gasteiger partial charge on any atom is -0.317 e. The Labute approximate surface area is 92.9 Å². The molecule has 0 bridgehead atoms. The lowest BCUT2D eigenvalue weighted by molar-refractivity contribution is -0.137. The molecule has 0 saturated heterocycles. The lowest BCUT2D eigenvalue weighted by Crippen LogP contribution is -2.27. The van der Waals surface area contributed by atoms with Gasteiger partial charge >= 0.3 is 6.18 Å². The van der Waals surface area contributed by atoms with E-state index in [2.05, 4.69) is 10.3 Å². The van der Waals surface area contributed by atoms with E-state index in [-0.39, 0.29) is 6.04 Å². The van der Waals surface area contributed by atoms with Crippen molar-refractivity contribution < 1.29 is 13.2 Å². The van der Waals surface area contributed by atoms with Crippen molar-refractivity contribution in [2.45, 2.75) is 32.0 Å². The van der Waals surface area contributed by atoms with Crippen LogP contribution < -0.4 is 5.32 Å². The Morgan fingerprint density at radius 1 is 1.44 bits per heavy atom. The number of halogens is 3. The third-order valence-corrected chi connectivity index (χ3v) is 2.50. The lowest BCUT2D eigenvalue weighted by atomic mass is 10.1. The maximum atomic E-state index is 12.4. The van der Waals surface area contributed by atoms with E-state index in [9.17, 15) is 13.2 Å². The van der Waals surface area contributed by atoms with Crippen LogP contribution in [0.1, 0.15) is 24.6 Å². The Kier molecular flexibility index (Phi) is 4.29. The van der Waals surface area contributed by atoms with Crippen LogP contribution in [-0.2, 0) is 12.6 Å². The fourth-order valence-electron chi connectivity index (χ4n) is 1.47. The molecule has 0 aliphatic carbocycles. The fraction of sp³-hybridized carbons (Fsp3) is 0.545. The molecule has 0 fully saturated rings. The molecular weight excluding hydrogens is 217 g/mol. The Morgan fingerprint density at radius 2 is 2.12 bits per heavy atom. The van der Waals surface area contributed by atoms with Crippen molar-refractivity contribution in [3.8, 4) is 0 Å². The minimum absolute atomic E-state index is 0.163. The molecule has 1 unspecified atom stereocenters. The molecule has 16 heavy (non-hydrogen) atoms. The Morgan fingerprint density at radius 3 is 2.62 bits per heavy atom. The first-order valence-electron chi connectivity index (χ1n) is 5.16. The van der Waals surface area contributed by atoms with Crippen LogP contribution in [0, 0.1) is 0 Å². The number of hydrogen-bond donors (Lipinski definition) is 1. The van der Waals surface area contributed by atoms with Gasteiger partial charge in [-0.3, -0.25) is 4.98 Å². The van der Waals surface area contributed by atoms with Gasteiger partial charge in [0.05, 0.1) is 5.56 Å². The van der Waals surface area contributed by atoms with E-state index in [1.54, 1.807) is 7.05 Å². The predicted octanol–water partition coefficient (Wildman–Crippen LogP) is 2.64. The summed E-state index contributed by atoms with van der Waals surface area (Å²) >= 11 is 0. The van der Waals surface area contributed by atoms with Crippen molar-refractivity contribution in [2.24, 2.45) is 0 Å². The summed E-state index contributed by atoms with van der Waals surface area (Å²) in [7, 11) is 1.79. The van der Waals surface area contributed by atoms with Gasteiger partial charge in [-0.1, -0.05) is 6.92 Å². The Balaban J connectivity index is 2.82. The van der Waals surface area contributed by atoms with Gasteiger partial charge in [0.25, 0.3) is 0 Å². The van der Waals surface area contributed by atoms with Gasteiger partial charge in [0.15, 0.2) is 0 Å². The molecule has 5 heteroatoms. The molecule has 1 N–H and O–H groups in total. The van der Waals surface area contributed by atoms with Gasteiger partial charge in [0.2, 0.25) is 0 Å². The van der Waals surface area contributed by atoms with E-state index in [1.165, 1.54) is 6.20 Å². The monoisotopic (exact) mass is 232 g/mol. The summed E-state index contributed by atoms with van der Waals surface area (Å²) in [6.07, 6.45) is -1.72. The van der Waals surface area contributed by atoms with Gasteiger partial charge in [-0.2, -0.15) is 13.2 Å². The molecule has 0 amide bonds. The van der Waals surface area contributed by atoms with E-state index < -0.39 is 11.7 Å². The third kappa shape index (κ3) is 3.48. The van der Waals surface area contributed by atoms with Crippen LogP contribution in [0.4, 0.5) is 13.2 Å². The van der Waals surface area contributed by atoms with Crippen LogP contribution >= 0.6 is 0 Å². The van der Waals surface area contributed by atoms with Crippen molar-refractivity contribution in [2.75, 3.05) is 7.05 Å². The first kappa shape index (κ1) is 13.0. The zero-order valence-electron chi connectivity index (χ0n) is 9.30. The van der Waals surface area contributed by atoms with E-state index in [4.69, 9.17) is 0 Å². The second kappa shape index (κ2) is 5.30. The number of hydrogen-bond acceptors (Lipinski definition) is 2. The largest absolute Gasteiger partial charge is 0.416 e. The van der Waals surface area contributed by atoms with Crippen LogP contribution in [0.25, 0.3) is 0 Å². The number of rotatable bonds is 4. The van der Waals surface area contributed by atoms with Crippen LogP contribution in [0.2, 0.25) is 0 Å². The summed E-state index contributed by atoms with van der Waals surface area (Å²) in [6.45, 7) is 1.98. The Hall–Kier alpha value is -1.10. The first-order valence-corrected chi connectivity index (χ1v) is 5.16. The highest BCUT2D eigenvalue weighted by Gasteiger charge is 2.30. The maximum absolute atomic E-state index is 12.4. The van der Waals surface area contributed by atoms with Crippen molar-refractivity contribution in [1.29, 1.82) is 0 Å². The molecule has 0 spiro atoms. The van der Waals surface area contributed by atoms with Gasteiger partial charge in [0.1, 0.15) is 0 Å². The molecule has 1 rings (SSSR count). The summed E-state index contributed by atoms with van der Waals surface area (Å²) in [4.78, 5) is 3.95. The molecule has 1 aromatic rings. The van der Waals surface area contributed by atoms with Crippen molar-refractivity contribution >= 4 is 0 Å². The van der Waals surface area contributed by atoms with Crippen LogP contribution in [0.15, 0.2) is 18.3 Å². The molecule has 0 aromatic carbocycles. The smallest absolute Gasteiger partial charge is 0.317 e. The molecule has 0 aliphatic heterocycles. The Bertz CT molecular complexity index is 332. The molecule has 2 nitrogen and oxygen atoms in total. The highest BCUT2D eigenvalue weighted by atomic mass is 19.4. The average Bonchev–Trinajstić information content (AvgIpc) is 2.25. The van der Waals surface area contributed by atoms with E-state index in [0.717, 1.165) is 18.6 Å². The highest BCUT2D eigenvalue weighted by molar-refractivity contribution is 5.19. The second-order valence-electron chi connectivity index (χ2n) is 3.63. The van der Waals surface area contributed by atoms with Crippen LogP contribution in [0.5, 0.6) is 0 Å². The molecule has 1 heterocycles. The van der Waals surface area contributed by atoms with Crippen molar-refractivity contribution in [3.63, 3.8) is 0 Å². The van der Waals surface area contributed by atoms with Crippen LogP contribution in [-0.4, -0.2) is 18.1 Å². The number of nitrogens with one attached hydrogen (secondary N) is 1. The summed E-state index contributed by atoms with van der Waals surface area (Å²) in [5.74, 6) is 0. The van der Waals surface area contributed by atoms with Gasteiger partial charge in [-0.05, 0) is 25.6 Å². The minimum atomic E-state index is -4.29. The topological polar surface area (TPSA) is 24.9 Å². The molecule has 0 radical (unpaired) electrons. The standard InChI is InChI=1S/C11H15F3N2/c1-3-9(15-2)7-10-6-8(4-5-16-10)11(12,13)14/h4-6,9,15H,3,7H2,1-2H3. The lowest BCUT2D eigenvalue weighted by Gasteiger charge is -2.14. The molecule has 0 aliphatic rings. The fourth-order valence-corrected chi connectivity index (χ4v) is 1.47. The van der Waals surface area contributed by atoms with Crippen LogP contribution in [0.3, 0.4) is 0 Å². The first-order chi connectivity index (χ1) is 7.47. The summed E-state index contributed by atoms with van der Waals surface area (Å²) in [5, 5.41) is 3.04. The number of pyridine rings is 1. The normalized spacial score (nSPS) is 13.8.